The van der Waals surface area contributed by atoms with E-state index in [1.165, 1.54) is 0 Å². The fraction of sp³-hybridized carbons (Fsp3) is 0.636. The first-order valence-corrected chi connectivity index (χ1v) is 6.52. The van der Waals surface area contributed by atoms with Gasteiger partial charge in [-0.05, 0) is 26.3 Å². The van der Waals surface area contributed by atoms with Crippen LogP contribution in [0.15, 0.2) is 5.51 Å². The van der Waals surface area contributed by atoms with Crippen molar-refractivity contribution < 1.29 is 4.79 Å². The standard InChI is InChI=1S/C11H17N3OS/c1-8-10(16-7-14-8)6-13-11(15)9-3-2-4-12-5-9/h7,9,12H,2-6H2,1H3,(H,13,15). The van der Waals surface area contributed by atoms with Crippen LogP contribution in [0.25, 0.3) is 0 Å². The predicted octanol–water partition coefficient (Wildman–Crippen LogP) is 1.07. The molecule has 0 radical (unpaired) electrons. The molecule has 2 N–H and O–H groups in total. The number of carbonyl (C=O) groups excluding carboxylic acids is 1. The first-order valence-electron chi connectivity index (χ1n) is 5.65. The minimum absolute atomic E-state index is 0.141. The molecule has 1 aromatic heterocycles. The third-order valence-electron chi connectivity index (χ3n) is 2.94. The van der Waals surface area contributed by atoms with Crippen molar-refractivity contribution in [2.24, 2.45) is 5.92 Å². The molecule has 2 heterocycles. The number of rotatable bonds is 3. The Balaban J connectivity index is 1.81. The number of nitrogens with zero attached hydrogens (tertiary/aromatic N) is 1. The molecule has 16 heavy (non-hydrogen) atoms. The minimum atomic E-state index is 0.141. The van der Waals surface area contributed by atoms with Crippen molar-refractivity contribution in [3.63, 3.8) is 0 Å². The summed E-state index contributed by atoms with van der Waals surface area (Å²) in [6, 6.07) is 0. The van der Waals surface area contributed by atoms with E-state index in [1.807, 2.05) is 12.4 Å². The highest BCUT2D eigenvalue weighted by atomic mass is 32.1. The summed E-state index contributed by atoms with van der Waals surface area (Å²) in [6.07, 6.45) is 2.10. The lowest BCUT2D eigenvalue weighted by atomic mass is 9.99. The van der Waals surface area contributed by atoms with Crippen LogP contribution in [-0.4, -0.2) is 24.0 Å². The van der Waals surface area contributed by atoms with Gasteiger partial charge in [-0.2, -0.15) is 0 Å². The number of thiazole rings is 1. The van der Waals surface area contributed by atoms with E-state index in [1.54, 1.807) is 11.3 Å². The van der Waals surface area contributed by atoms with E-state index < -0.39 is 0 Å². The van der Waals surface area contributed by atoms with Crippen LogP contribution in [0.4, 0.5) is 0 Å². The van der Waals surface area contributed by atoms with Gasteiger partial charge in [0.15, 0.2) is 0 Å². The summed E-state index contributed by atoms with van der Waals surface area (Å²) in [7, 11) is 0. The molecule has 1 aromatic rings. The molecular weight excluding hydrogens is 222 g/mol. The second-order valence-electron chi connectivity index (χ2n) is 4.12. The van der Waals surface area contributed by atoms with Gasteiger partial charge in [-0.25, -0.2) is 4.98 Å². The quantitative estimate of drug-likeness (QED) is 0.829. The van der Waals surface area contributed by atoms with Gasteiger partial charge < -0.3 is 10.6 Å². The molecule has 4 nitrogen and oxygen atoms in total. The van der Waals surface area contributed by atoms with Crippen molar-refractivity contribution in [2.45, 2.75) is 26.3 Å². The zero-order valence-electron chi connectivity index (χ0n) is 9.45. The summed E-state index contributed by atoms with van der Waals surface area (Å²) in [4.78, 5) is 17.1. The molecule has 0 spiro atoms. The molecule has 0 bridgehead atoms. The van der Waals surface area contributed by atoms with Gasteiger partial charge in [-0.1, -0.05) is 0 Å². The Hall–Kier alpha value is -0.940. The van der Waals surface area contributed by atoms with Gasteiger partial charge in [-0.15, -0.1) is 11.3 Å². The van der Waals surface area contributed by atoms with Gasteiger partial charge in [-0.3, -0.25) is 4.79 Å². The zero-order valence-corrected chi connectivity index (χ0v) is 10.3. The van der Waals surface area contributed by atoms with Crippen molar-refractivity contribution in [3.8, 4) is 0 Å². The maximum absolute atomic E-state index is 11.8. The molecule has 0 aromatic carbocycles. The van der Waals surface area contributed by atoms with Gasteiger partial charge in [0, 0.05) is 11.4 Å². The molecule has 2 rings (SSSR count). The smallest absolute Gasteiger partial charge is 0.224 e. The van der Waals surface area contributed by atoms with Crippen molar-refractivity contribution in [3.05, 3.63) is 16.1 Å². The molecule has 0 aliphatic carbocycles. The van der Waals surface area contributed by atoms with E-state index in [4.69, 9.17) is 0 Å². The Labute approximate surface area is 99.5 Å². The van der Waals surface area contributed by atoms with Gasteiger partial charge in [0.25, 0.3) is 0 Å². The van der Waals surface area contributed by atoms with E-state index in [0.29, 0.717) is 6.54 Å². The Morgan fingerprint density at radius 2 is 2.62 bits per heavy atom. The number of nitrogens with one attached hydrogen (secondary N) is 2. The first kappa shape index (κ1) is 11.5. The largest absolute Gasteiger partial charge is 0.351 e. The van der Waals surface area contributed by atoms with Crippen LogP contribution in [0.3, 0.4) is 0 Å². The second-order valence-corrected chi connectivity index (χ2v) is 5.06. The molecule has 1 fully saturated rings. The Bertz CT molecular complexity index is 358. The van der Waals surface area contributed by atoms with Crippen LogP contribution in [0.2, 0.25) is 0 Å². The van der Waals surface area contributed by atoms with E-state index in [0.717, 1.165) is 36.5 Å². The van der Waals surface area contributed by atoms with Crippen molar-refractivity contribution in [1.29, 1.82) is 0 Å². The topological polar surface area (TPSA) is 54.0 Å². The molecule has 1 aliphatic heterocycles. The second kappa shape index (κ2) is 5.41. The third-order valence-corrected chi connectivity index (χ3v) is 3.87. The maximum Gasteiger partial charge on any atom is 0.224 e. The molecular formula is C11H17N3OS. The average Bonchev–Trinajstić information content (AvgIpc) is 2.73. The summed E-state index contributed by atoms with van der Waals surface area (Å²) in [5, 5.41) is 6.24. The third kappa shape index (κ3) is 2.80. The molecule has 5 heteroatoms. The van der Waals surface area contributed by atoms with Crippen LogP contribution >= 0.6 is 11.3 Å². The van der Waals surface area contributed by atoms with Crippen molar-refractivity contribution in [2.75, 3.05) is 13.1 Å². The van der Waals surface area contributed by atoms with Gasteiger partial charge in [0.05, 0.1) is 23.7 Å². The number of amides is 1. The first-order chi connectivity index (χ1) is 7.77. The highest BCUT2D eigenvalue weighted by molar-refractivity contribution is 7.09. The number of hydrogen-bond acceptors (Lipinski definition) is 4. The lowest BCUT2D eigenvalue weighted by Gasteiger charge is -2.21. The Morgan fingerprint density at radius 1 is 1.75 bits per heavy atom. The van der Waals surface area contributed by atoms with Crippen molar-refractivity contribution in [1.82, 2.24) is 15.6 Å². The predicted molar refractivity (Wildman–Crippen MR) is 64.3 cm³/mol. The fourth-order valence-corrected chi connectivity index (χ4v) is 2.60. The van der Waals surface area contributed by atoms with Gasteiger partial charge >= 0.3 is 0 Å². The van der Waals surface area contributed by atoms with Crippen LogP contribution in [0, 0.1) is 12.8 Å². The van der Waals surface area contributed by atoms with Crippen LogP contribution in [0.1, 0.15) is 23.4 Å². The fourth-order valence-electron chi connectivity index (χ4n) is 1.88. The summed E-state index contributed by atoms with van der Waals surface area (Å²) in [5.41, 5.74) is 2.84. The van der Waals surface area contributed by atoms with E-state index >= 15 is 0 Å². The normalized spacial score (nSPS) is 20.7. The molecule has 1 saturated heterocycles. The summed E-state index contributed by atoms with van der Waals surface area (Å²) in [6.45, 7) is 4.44. The maximum atomic E-state index is 11.8. The zero-order chi connectivity index (χ0) is 11.4. The molecule has 88 valence electrons. The van der Waals surface area contributed by atoms with Crippen LogP contribution in [0.5, 0.6) is 0 Å². The molecule has 0 saturated carbocycles. The highest BCUT2D eigenvalue weighted by Gasteiger charge is 2.20. The summed E-state index contributed by atoms with van der Waals surface area (Å²) >= 11 is 1.60. The lowest BCUT2D eigenvalue weighted by Crippen LogP contribution is -2.40. The summed E-state index contributed by atoms with van der Waals surface area (Å²) in [5.74, 6) is 0.307. The number of aromatic nitrogens is 1. The number of piperidine rings is 1. The number of aryl methyl sites for hydroxylation is 1. The lowest BCUT2D eigenvalue weighted by molar-refractivity contribution is -0.125. The minimum Gasteiger partial charge on any atom is -0.351 e. The molecule has 1 aliphatic rings. The molecule has 1 amide bonds. The van der Waals surface area contributed by atoms with E-state index in [-0.39, 0.29) is 11.8 Å². The van der Waals surface area contributed by atoms with Crippen LogP contribution in [-0.2, 0) is 11.3 Å². The monoisotopic (exact) mass is 239 g/mol. The molecule has 1 unspecified atom stereocenters. The van der Waals surface area contributed by atoms with E-state index in [2.05, 4.69) is 15.6 Å². The number of hydrogen-bond donors (Lipinski definition) is 2. The van der Waals surface area contributed by atoms with Crippen molar-refractivity contribution >= 4 is 17.2 Å². The average molecular weight is 239 g/mol. The Morgan fingerprint density at radius 3 is 3.25 bits per heavy atom. The van der Waals surface area contributed by atoms with E-state index in [9.17, 15) is 4.79 Å². The number of carbonyl (C=O) groups is 1. The van der Waals surface area contributed by atoms with Crippen LogP contribution < -0.4 is 10.6 Å². The SMILES string of the molecule is Cc1ncsc1CNC(=O)C1CCCNC1. The van der Waals surface area contributed by atoms with Gasteiger partial charge in [0.1, 0.15) is 0 Å². The summed E-state index contributed by atoms with van der Waals surface area (Å²) < 4.78 is 0. The highest BCUT2D eigenvalue weighted by Crippen LogP contribution is 2.13. The van der Waals surface area contributed by atoms with Gasteiger partial charge in [0.2, 0.25) is 5.91 Å². The Kier molecular flexibility index (Phi) is 3.90. The molecule has 1 atom stereocenters.